The molecule has 3 rings (SSSR count). The van der Waals surface area contributed by atoms with Crippen LogP contribution in [0.2, 0.25) is 5.02 Å². The average molecular weight is 409 g/mol. The molecule has 0 fully saturated rings. The summed E-state index contributed by atoms with van der Waals surface area (Å²) < 4.78 is 29.3. The number of nitrogens with one attached hydrogen (secondary N) is 1. The summed E-state index contributed by atoms with van der Waals surface area (Å²) in [6.45, 7) is 4.14. The first kappa shape index (κ1) is 20.0. The number of anilines is 1. The quantitative estimate of drug-likeness (QED) is 0.666. The van der Waals surface area contributed by atoms with Crippen molar-refractivity contribution in [3.63, 3.8) is 0 Å². The molecule has 0 unspecified atom stereocenters. The number of alkyl halides is 2. The minimum Gasteiger partial charge on any atom is -0.326 e. The summed E-state index contributed by atoms with van der Waals surface area (Å²) >= 11 is 5.95. The Labute approximate surface area is 164 Å². The van der Waals surface area contributed by atoms with Crippen molar-refractivity contribution >= 4 is 34.2 Å². The first-order valence-electron chi connectivity index (χ1n) is 8.75. The van der Waals surface area contributed by atoms with Gasteiger partial charge < -0.3 is 5.32 Å². The van der Waals surface area contributed by atoms with Gasteiger partial charge in [0, 0.05) is 53.4 Å². The van der Waals surface area contributed by atoms with Crippen LogP contribution < -0.4 is 10.9 Å². The first-order valence-corrected chi connectivity index (χ1v) is 9.13. The number of halogens is 3. The summed E-state index contributed by atoms with van der Waals surface area (Å²) in [7, 11) is 0. The lowest BCUT2D eigenvalue weighted by molar-refractivity contribution is -0.116. The summed E-state index contributed by atoms with van der Waals surface area (Å²) in [5.41, 5.74) is 0.612. The van der Waals surface area contributed by atoms with Gasteiger partial charge in [-0.15, -0.1) is 0 Å². The maximum Gasteiger partial charge on any atom is 0.264 e. The van der Waals surface area contributed by atoms with Crippen LogP contribution in [0.15, 0.2) is 35.3 Å². The number of carbonyl (C=O) groups excluding carboxylic acids is 1. The van der Waals surface area contributed by atoms with Crippen molar-refractivity contribution < 1.29 is 13.6 Å². The first-order chi connectivity index (χ1) is 13.3. The highest BCUT2D eigenvalue weighted by molar-refractivity contribution is 6.31. The molecule has 0 atom stereocenters. The second-order valence-corrected chi connectivity index (χ2v) is 6.81. The maximum atomic E-state index is 13.3. The molecule has 6 nitrogen and oxygen atoms in total. The second-order valence-electron chi connectivity index (χ2n) is 6.37. The van der Waals surface area contributed by atoms with E-state index in [4.69, 9.17) is 11.6 Å². The highest BCUT2D eigenvalue weighted by Gasteiger charge is 2.19. The zero-order valence-corrected chi connectivity index (χ0v) is 16.1. The van der Waals surface area contributed by atoms with Crippen molar-refractivity contribution in [2.24, 2.45) is 0 Å². The monoisotopic (exact) mass is 408 g/mol. The van der Waals surface area contributed by atoms with Crippen LogP contribution in [0.25, 0.3) is 11.0 Å². The largest absolute Gasteiger partial charge is 0.326 e. The molecule has 2 aromatic heterocycles. The number of aromatic nitrogens is 3. The molecule has 3 aromatic rings. The number of nitrogens with zero attached hydrogens (tertiary/aromatic N) is 3. The minimum absolute atomic E-state index is 0.0189. The molecule has 0 spiro atoms. The fourth-order valence-corrected chi connectivity index (χ4v) is 3.09. The Kier molecular flexibility index (Phi) is 5.79. The van der Waals surface area contributed by atoms with E-state index in [0.717, 1.165) is 11.6 Å². The molecule has 0 aliphatic rings. The van der Waals surface area contributed by atoms with Crippen molar-refractivity contribution in [2.45, 2.75) is 39.8 Å². The molecule has 9 heteroatoms. The number of amides is 1. The molecule has 0 bridgehead atoms. The number of pyridine rings is 1. The van der Waals surface area contributed by atoms with Crippen molar-refractivity contribution in [3.05, 3.63) is 57.0 Å². The molecule has 2 heterocycles. The van der Waals surface area contributed by atoms with Gasteiger partial charge in [-0.25, -0.2) is 8.78 Å². The van der Waals surface area contributed by atoms with E-state index in [1.165, 1.54) is 15.4 Å². The van der Waals surface area contributed by atoms with E-state index in [9.17, 15) is 18.4 Å². The van der Waals surface area contributed by atoms with Gasteiger partial charge in [-0.3, -0.25) is 18.8 Å². The van der Waals surface area contributed by atoms with Gasteiger partial charge in [0.1, 0.15) is 0 Å². The summed E-state index contributed by atoms with van der Waals surface area (Å²) in [4.78, 5) is 24.7. The van der Waals surface area contributed by atoms with Crippen LogP contribution >= 0.6 is 11.6 Å². The Hall–Kier alpha value is -2.74. The Morgan fingerprint density at radius 3 is 2.75 bits per heavy atom. The van der Waals surface area contributed by atoms with Crippen LogP contribution in [0, 0.1) is 6.92 Å². The summed E-state index contributed by atoms with van der Waals surface area (Å²) in [5, 5.41) is 7.67. The van der Waals surface area contributed by atoms with E-state index in [1.807, 2.05) is 13.8 Å². The van der Waals surface area contributed by atoms with E-state index in [0.29, 0.717) is 17.3 Å². The number of aryl methyl sites for hydroxylation is 3. The molecule has 1 amide bonds. The Morgan fingerprint density at radius 2 is 2.07 bits per heavy atom. The molecular weight excluding hydrogens is 390 g/mol. The van der Waals surface area contributed by atoms with Crippen molar-refractivity contribution in [1.82, 2.24) is 14.3 Å². The average Bonchev–Trinajstić information content (AvgIpc) is 3.07. The van der Waals surface area contributed by atoms with Gasteiger partial charge in [-0.05, 0) is 31.5 Å². The third-order valence-corrected chi connectivity index (χ3v) is 4.68. The predicted molar refractivity (Wildman–Crippen MR) is 104 cm³/mol. The van der Waals surface area contributed by atoms with E-state index < -0.39 is 12.0 Å². The number of hydrogen-bond donors (Lipinski definition) is 1. The molecule has 28 heavy (non-hydrogen) atoms. The van der Waals surface area contributed by atoms with Crippen LogP contribution in [-0.2, 0) is 17.9 Å². The fourth-order valence-electron chi connectivity index (χ4n) is 2.92. The third-order valence-electron chi connectivity index (χ3n) is 4.45. The number of rotatable bonds is 6. The summed E-state index contributed by atoms with van der Waals surface area (Å²) in [5.74, 6) is -0.321. The molecule has 1 N–H and O–H groups in total. The van der Waals surface area contributed by atoms with Gasteiger partial charge in [0.15, 0.2) is 5.65 Å². The van der Waals surface area contributed by atoms with E-state index in [1.54, 1.807) is 18.2 Å². The minimum atomic E-state index is -2.78. The van der Waals surface area contributed by atoms with Crippen molar-refractivity contribution in [2.75, 3.05) is 5.32 Å². The van der Waals surface area contributed by atoms with Crippen molar-refractivity contribution in [3.8, 4) is 0 Å². The number of hydrogen-bond acceptors (Lipinski definition) is 3. The van der Waals surface area contributed by atoms with Crippen LogP contribution in [0.1, 0.15) is 30.9 Å². The van der Waals surface area contributed by atoms with Crippen LogP contribution in [0.3, 0.4) is 0 Å². The zero-order valence-electron chi connectivity index (χ0n) is 15.4. The SMILES string of the molecule is CCn1cc2c(C(F)F)cc(=O)n(CCC(=O)Nc3cc(Cl)ccc3C)c2n1. The molecule has 0 saturated carbocycles. The Morgan fingerprint density at radius 1 is 1.32 bits per heavy atom. The third kappa shape index (κ3) is 4.06. The fraction of sp³-hybridized carbons (Fsp3) is 0.316. The van der Waals surface area contributed by atoms with E-state index in [-0.39, 0.29) is 35.5 Å². The van der Waals surface area contributed by atoms with Crippen LogP contribution in [0.5, 0.6) is 0 Å². The summed E-state index contributed by atoms with van der Waals surface area (Å²) in [6.07, 6.45) is -1.32. The lowest BCUT2D eigenvalue weighted by Crippen LogP contribution is -2.24. The zero-order chi connectivity index (χ0) is 20.4. The molecule has 0 saturated heterocycles. The molecule has 1 aromatic carbocycles. The van der Waals surface area contributed by atoms with E-state index >= 15 is 0 Å². The van der Waals surface area contributed by atoms with Gasteiger partial charge in [0.25, 0.3) is 12.0 Å². The molecule has 148 valence electrons. The Balaban J connectivity index is 1.86. The van der Waals surface area contributed by atoms with Crippen LogP contribution in [0.4, 0.5) is 14.5 Å². The molecule has 0 aliphatic heterocycles. The molecule has 0 radical (unpaired) electrons. The highest BCUT2D eigenvalue weighted by atomic mass is 35.5. The molecular formula is C19H19ClF2N4O2. The van der Waals surface area contributed by atoms with Crippen molar-refractivity contribution in [1.29, 1.82) is 0 Å². The van der Waals surface area contributed by atoms with E-state index in [2.05, 4.69) is 10.4 Å². The van der Waals surface area contributed by atoms with Gasteiger partial charge >= 0.3 is 0 Å². The molecule has 0 aliphatic carbocycles. The lowest BCUT2D eigenvalue weighted by atomic mass is 10.2. The van der Waals surface area contributed by atoms with Gasteiger partial charge in [-0.1, -0.05) is 17.7 Å². The number of carbonyl (C=O) groups is 1. The number of fused-ring (bicyclic) bond motifs is 1. The topological polar surface area (TPSA) is 68.9 Å². The second kappa shape index (κ2) is 8.10. The Bertz CT molecular complexity index is 1090. The smallest absolute Gasteiger partial charge is 0.264 e. The standard InChI is InChI=1S/C19H19ClF2N4O2/c1-3-25-10-14-13(18(21)22)9-17(28)26(19(14)24-25)7-6-16(27)23-15-8-12(20)5-4-11(15)2/h4-5,8-10,18H,3,6-7H2,1-2H3,(H,23,27). The van der Waals surface area contributed by atoms with Gasteiger partial charge in [0.05, 0.1) is 0 Å². The van der Waals surface area contributed by atoms with Gasteiger partial charge in [-0.2, -0.15) is 5.10 Å². The predicted octanol–water partition coefficient (Wildman–Crippen LogP) is 4.15. The van der Waals surface area contributed by atoms with Crippen LogP contribution in [-0.4, -0.2) is 20.3 Å². The number of benzene rings is 1. The normalized spacial score (nSPS) is 11.4. The summed E-state index contributed by atoms with van der Waals surface area (Å²) in [6, 6.07) is 6.05. The van der Waals surface area contributed by atoms with Gasteiger partial charge in [0.2, 0.25) is 5.91 Å². The maximum absolute atomic E-state index is 13.3. The highest BCUT2D eigenvalue weighted by Crippen LogP contribution is 2.26. The lowest BCUT2D eigenvalue weighted by Gasteiger charge is -2.11.